The minimum atomic E-state index is -3.40. The number of hydrogen-bond acceptors (Lipinski definition) is 3. The second kappa shape index (κ2) is 10.3. The maximum atomic E-state index is 12.3. The van der Waals surface area contributed by atoms with Crippen LogP contribution in [0, 0.1) is 0 Å². The summed E-state index contributed by atoms with van der Waals surface area (Å²) in [7, 11) is -1.64. The van der Waals surface area contributed by atoms with E-state index >= 15 is 0 Å². The van der Waals surface area contributed by atoms with Crippen molar-refractivity contribution in [1.29, 1.82) is 0 Å². The first-order chi connectivity index (χ1) is 14.5. The fraction of sp³-hybridized carbons (Fsp3) is 0.435. The van der Waals surface area contributed by atoms with Gasteiger partial charge < -0.3 is 10.6 Å². The lowest BCUT2D eigenvalue weighted by Gasteiger charge is -2.43. The van der Waals surface area contributed by atoms with Crippen LogP contribution in [0.3, 0.4) is 0 Å². The van der Waals surface area contributed by atoms with E-state index in [1.165, 1.54) is 24.8 Å². The normalized spacial score (nSPS) is 17.9. The molecule has 2 aromatic rings. The summed E-state index contributed by atoms with van der Waals surface area (Å²) in [5.41, 5.74) is 2.57. The van der Waals surface area contributed by atoms with Gasteiger partial charge in [-0.15, -0.1) is 24.0 Å². The van der Waals surface area contributed by atoms with Crippen LogP contribution in [0.5, 0.6) is 0 Å². The highest BCUT2D eigenvalue weighted by molar-refractivity contribution is 14.0. The molecule has 2 aliphatic carbocycles. The van der Waals surface area contributed by atoms with Crippen LogP contribution in [0.25, 0.3) is 0 Å². The first-order valence-electron chi connectivity index (χ1n) is 10.6. The Balaban J connectivity index is 0.00000272. The standard InChI is InChI=1S/C23H30N4O2S.HI/c1-24-22(26-17-23(14-5-15-23)19-6-3-2-4-7-19)25-16-18-8-12-21(13-9-18)30(28,29)27-20-10-11-20;/h2-4,6-9,12-13,20,27H,5,10-11,14-17H2,1H3,(H2,24,25,26);1H. The topological polar surface area (TPSA) is 82.6 Å². The molecule has 8 heteroatoms. The lowest BCUT2D eigenvalue weighted by atomic mass is 9.64. The van der Waals surface area contributed by atoms with E-state index in [1.807, 2.05) is 12.1 Å². The Kier molecular flexibility index (Phi) is 7.98. The molecule has 2 aromatic carbocycles. The average Bonchev–Trinajstić information content (AvgIpc) is 3.54. The first-order valence-corrected chi connectivity index (χ1v) is 12.1. The highest BCUT2D eigenvalue weighted by Gasteiger charge is 2.38. The van der Waals surface area contributed by atoms with Gasteiger partial charge in [-0.05, 0) is 48.9 Å². The summed E-state index contributed by atoms with van der Waals surface area (Å²) in [5, 5.41) is 6.81. The quantitative estimate of drug-likeness (QED) is 0.265. The van der Waals surface area contributed by atoms with Gasteiger partial charge in [-0.3, -0.25) is 4.99 Å². The number of hydrogen-bond donors (Lipinski definition) is 3. The molecule has 0 amide bonds. The van der Waals surface area contributed by atoms with Crippen LogP contribution in [-0.2, 0) is 22.0 Å². The van der Waals surface area contributed by atoms with Crippen LogP contribution in [0.2, 0.25) is 0 Å². The number of benzene rings is 2. The molecule has 0 bridgehead atoms. The van der Waals surface area contributed by atoms with E-state index in [4.69, 9.17) is 0 Å². The number of nitrogens with one attached hydrogen (secondary N) is 3. The van der Waals surface area contributed by atoms with Crippen molar-refractivity contribution in [1.82, 2.24) is 15.4 Å². The van der Waals surface area contributed by atoms with Crippen molar-refractivity contribution in [3.8, 4) is 0 Å². The zero-order valence-electron chi connectivity index (χ0n) is 17.8. The summed E-state index contributed by atoms with van der Waals surface area (Å²) in [6.45, 7) is 1.43. The second-order valence-electron chi connectivity index (χ2n) is 8.32. The zero-order chi connectivity index (χ0) is 21.0. The fourth-order valence-electron chi connectivity index (χ4n) is 3.90. The van der Waals surface area contributed by atoms with Crippen molar-refractivity contribution in [3.05, 3.63) is 65.7 Å². The largest absolute Gasteiger partial charge is 0.356 e. The molecular weight excluding hydrogens is 523 g/mol. The van der Waals surface area contributed by atoms with Gasteiger partial charge in [0.1, 0.15) is 0 Å². The summed E-state index contributed by atoms with van der Waals surface area (Å²) >= 11 is 0. The molecule has 2 saturated carbocycles. The third-order valence-electron chi connectivity index (χ3n) is 6.11. The van der Waals surface area contributed by atoms with Gasteiger partial charge in [0.15, 0.2) is 5.96 Å². The highest BCUT2D eigenvalue weighted by Crippen LogP contribution is 2.43. The van der Waals surface area contributed by atoms with E-state index in [2.05, 4.69) is 50.7 Å². The predicted octanol–water partition coefficient (Wildman–Crippen LogP) is 3.53. The molecule has 168 valence electrons. The molecule has 31 heavy (non-hydrogen) atoms. The monoisotopic (exact) mass is 554 g/mol. The molecule has 0 unspecified atom stereocenters. The SMILES string of the molecule is CN=C(NCc1ccc(S(=O)(=O)NC2CC2)cc1)NCC1(c2ccccc2)CCC1.I. The summed E-state index contributed by atoms with van der Waals surface area (Å²) in [6, 6.07) is 17.8. The molecule has 0 radical (unpaired) electrons. The van der Waals surface area contributed by atoms with Gasteiger partial charge in [-0.25, -0.2) is 13.1 Å². The minimum absolute atomic E-state index is 0. The lowest BCUT2D eigenvalue weighted by Crippen LogP contribution is -2.48. The molecule has 0 saturated heterocycles. The average molecular weight is 554 g/mol. The van der Waals surface area contributed by atoms with Crippen LogP contribution in [0.4, 0.5) is 0 Å². The molecule has 0 aromatic heterocycles. The van der Waals surface area contributed by atoms with E-state index < -0.39 is 10.0 Å². The zero-order valence-corrected chi connectivity index (χ0v) is 21.0. The van der Waals surface area contributed by atoms with E-state index in [0.717, 1.165) is 30.9 Å². The molecule has 2 fully saturated rings. The van der Waals surface area contributed by atoms with E-state index in [0.29, 0.717) is 11.4 Å². The Labute approximate surface area is 202 Å². The van der Waals surface area contributed by atoms with Crippen molar-refractivity contribution in [2.24, 2.45) is 4.99 Å². The summed E-state index contributed by atoms with van der Waals surface area (Å²) in [5.74, 6) is 0.754. The smallest absolute Gasteiger partial charge is 0.240 e. The minimum Gasteiger partial charge on any atom is -0.356 e. The Morgan fingerprint density at radius 1 is 1.03 bits per heavy atom. The van der Waals surface area contributed by atoms with Gasteiger partial charge >= 0.3 is 0 Å². The number of halogens is 1. The molecule has 2 aliphatic rings. The maximum Gasteiger partial charge on any atom is 0.240 e. The Hall–Kier alpha value is -1.65. The number of aliphatic imine (C=N–C) groups is 1. The van der Waals surface area contributed by atoms with Crippen molar-refractivity contribution in [2.45, 2.75) is 55.0 Å². The van der Waals surface area contributed by atoms with Gasteiger partial charge in [-0.2, -0.15) is 0 Å². The van der Waals surface area contributed by atoms with Gasteiger partial charge in [0, 0.05) is 31.6 Å². The van der Waals surface area contributed by atoms with Crippen LogP contribution in [-0.4, -0.2) is 34.0 Å². The summed E-state index contributed by atoms with van der Waals surface area (Å²) < 4.78 is 27.3. The van der Waals surface area contributed by atoms with Crippen molar-refractivity contribution >= 4 is 40.0 Å². The van der Waals surface area contributed by atoms with Gasteiger partial charge in [0.25, 0.3) is 0 Å². The highest BCUT2D eigenvalue weighted by atomic mass is 127. The third-order valence-corrected chi connectivity index (χ3v) is 7.64. The second-order valence-corrected chi connectivity index (χ2v) is 10.0. The fourth-order valence-corrected chi connectivity index (χ4v) is 5.20. The number of sulfonamides is 1. The van der Waals surface area contributed by atoms with Crippen LogP contribution < -0.4 is 15.4 Å². The molecule has 4 rings (SSSR count). The van der Waals surface area contributed by atoms with Crippen LogP contribution in [0.15, 0.2) is 64.5 Å². The van der Waals surface area contributed by atoms with Crippen LogP contribution >= 0.6 is 24.0 Å². The van der Waals surface area contributed by atoms with E-state index in [-0.39, 0.29) is 35.4 Å². The molecule has 0 aliphatic heterocycles. The number of guanidine groups is 1. The Morgan fingerprint density at radius 3 is 2.26 bits per heavy atom. The number of nitrogens with zero attached hydrogens (tertiary/aromatic N) is 1. The maximum absolute atomic E-state index is 12.3. The molecule has 6 nitrogen and oxygen atoms in total. The Morgan fingerprint density at radius 2 is 1.71 bits per heavy atom. The van der Waals surface area contributed by atoms with Crippen LogP contribution in [0.1, 0.15) is 43.2 Å². The van der Waals surface area contributed by atoms with Crippen molar-refractivity contribution in [2.75, 3.05) is 13.6 Å². The predicted molar refractivity (Wildman–Crippen MR) is 135 cm³/mol. The summed E-state index contributed by atoms with van der Waals surface area (Å²) in [6.07, 6.45) is 5.49. The number of rotatable bonds is 8. The molecule has 3 N–H and O–H groups in total. The molecular formula is C23H31IN4O2S. The molecule has 0 heterocycles. The van der Waals surface area contributed by atoms with Crippen molar-refractivity contribution < 1.29 is 8.42 Å². The van der Waals surface area contributed by atoms with Gasteiger partial charge in [-0.1, -0.05) is 48.9 Å². The molecule has 0 spiro atoms. The summed E-state index contributed by atoms with van der Waals surface area (Å²) in [4.78, 5) is 4.66. The lowest BCUT2D eigenvalue weighted by molar-refractivity contribution is 0.244. The Bertz CT molecular complexity index is 986. The van der Waals surface area contributed by atoms with Crippen molar-refractivity contribution in [3.63, 3.8) is 0 Å². The van der Waals surface area contributed by atoms with E-state index in [1.54, 1.807) is 19.2 Å². The van der Waals surface area contributed by atoms with Gasteiger partial charge in [0.05, 0.1) is 4.90 Å². The first kappa shape index (κ1) is 24.0. The van der Waals surface area contributed by atoms with Gasteiger partial charge in [0.2, 0.25) is 10.0 Å². The molecule has 0 atom stereocenters. The van der Waals surface area contributed by atoms with E-state index in [9.17, 15) is 8.42 Å². The third kappa shape index (κ3) is 5.98.